The molecule has 3 fully saturated rings. The van der Waals surface area contributed by atoms with Crippen LogP contribution in [-0.4, -0.2) is 65.4 Å². The largest absolute Gasteiger partial charge is 0.507 e. The fourth-order valence-electron chi connectivity index (χ4n) is 5.27. The molecule has 1 aliphatic carbocycles. The minimum absolute atomic E-state index is 0.0311. The molecule has 3 aliphatic rings. The van der Waals surface area contributed by atoms with Gasteiger partial charge < -0.3 is 15.3 Å². The molecule has 0 radical (unpaired) electrons. The van der Waals surface area contributed by atoms with Crippen LogP contribution in [-0.2, 0) is 7.05 Å². The molecule has 2 aliphatic heterocycles. The van der Waals surface area contributed by atoms with E-state index in [2.05, 4.69) is 35.5 Å². The maximum absolute atomic E-state index is 15.4. The Morgan fingerprint density at radius 1 is 1.12 bits per heavy atom. The second-order valence-corrected chi connectivity index (χ2v) is 9.40. The van der Waals surface area contributed by atoms with Crippen LogP contribution in [0.1, 0.15) is 38.5 Å². The van der Waals surface area contributed by atoms with Gasteiger partial charge in [-0.15, -0.1) is 10.2 Å². The molecule has 33 heavy (non-hydrogen) atoms. The fraction of sp³-hybridized carbons (Fsp3) is 0.522. The first-order valence-corrected chi connectivity index (χ1v) is 11.6. The Labute approximate surface area is 191 Å². The SMILES string of the molecule is Cn1cnc(-c2ccc(-c3ncc(N(C4CC4)[C@H]4C[C@H]5CCC[C@H](N5)[C@H]4F)nn3)c(O)c2)n1. The number of phenolic OH excluding ortho intramolecular Hbond substituents is 1. The van der Waals surface area contributed by atoms with Crippen molar-refractivity contribution in [2.45, 2.75) is 68.9 Å². The van der Waals surface area contributed by atoms with Gasteiger partial charge in [-0.05, 0) is 44.2 Å². The van der Waals surface area contributed by atoms with Crippen molar-refractivity contribution in [3.05, 3.63) is 30.7 Å². The molecule has 9 nitrogen and oxygen atoms in total. The van der Waals surface area contributed by atoms with Gasteiger partial charge in [0.25, 0.3) is 0 Å². The first kappa shape index (κ1) is 20.5. The molecule has 2 N–H and O–H groups in total. The van der Waals surface area contributed by atoms with Gasteiger partial charge >= 0.3 is 0 Å². The number of piperidine rings is 2. The van der Waals surface area contributed by atoms with Crippen molar-refractivity contribution in [2.24, 2.45) is 7.05 Å². The number of rotatable bonds is 5. The molecule has 1 saturated carbocycles. The number of benzene rings is 1. The second-order valence-electron chi connectivity index (χ2n) is 9.40. The third kappa shape index (κ3) is 3.82. The quantitative estimate of drug-likeness (QED) is 0.611. The summed E-state index contributed by atoms with van der Waals surface area (Å²) in [5.74, 6) is 1.50. The van der Waals surface area contributed by atoms with Gasteiger partial charge in [0.05, 0.1) is 17.8 Å². The normalized spacial score (nSPS) is 26.8. The molecule has 2 aromatic heterocycles. The summed E-state index contributed by atoms with van der Waals surface area (Å²) < 4.78 is 17.0. The average Bonchev–Trinajstić information content (AvgIpc) is 3.57. The predicted molar refractivity (Wildman–Crippen MR) is 120 cm³/mol. The minimum Gasteiger partial charge on any atom is -0.507 e. The van der Waals surface area contributed by atoms with Crippen molar-refractivity contribution < 1.29 is 9.50 Å². The standard InChI is InChI=1S/C23H27FN8O/c1-31-12-26-22(30-31)13-5-8-16(19(33)9-13)23-25-11-20(28-29-23)32(15-6-7-15)18-10-14-3-2-4-17(27-14)21(18)24/h5,8-9,11-12,14-15,17-18,21,27,33H,2-4,6-7,10H2,1H3/t14-,17+,18+,21-/m1/s1. The summed E-state index contributed by atoms with van der Waals surface area (Å²) in [6, 6.07) is 5.54. The van der Waals surface area contributed by atoms with E-state index in [4.69, 9.17) is 0 Å². The van der Waals surface area contributed by atoms with Crippen molar-refractivity contribution in [1.82, 2.24) is 35.3 Å². The number of aromatic nitrogens is 6. The van der Waals surface area contributed by atoms with E-state index in [9.17, 15) is 5.11 Å². The number of anilines is 1. The van der Waals surface area contributed by atoms with Gasteiger partial charge in [-0.25, -0.2) is 14.4 Å². The van der Waals surface area contributed by atoms with E-state index in [-0.39, 0.29) is 17.8 Å². The van der Waals surface area contributed by atoms with E-state index < -0.39 is 6.17 Å². The molecule has 0 spiro atoms. The lowest BCUT2D eigenvalue weighted by molar-refractivity contribution is 0.104. The molecule has 1 aromatic carbocycles. The number of phenols is 1. The maximum atomic E-state index is 15.4. The Kier molecular flexibility index (Phi) is 4.97. The zero-order valence-corrected chi connectivity index (χ0v) is 18.5. The number of alkyl halides is 1. The molecule has 6 rings (SSSR count). The van der Waals surface area contributed by atoms with E-state index in [1.54, 1.807) is 36.4 Å². The lowest BCUT2D eigenvalue weighted by atomic mass is 9.82. The van der Waals surface area contributed by atoms with Gasteiger partial charge in [-0.3, -0.25) is 4.68 Å². The number of aromatic hydroxyl groups is 1. The Morgan fingerprint density at radius 3 is 2.70 bits per heavy atom. The van der Waals surface area contributed by atoms with Crippen molar-refractivity contribution in [1.29, 1.82) is 0 Å². The Hall–Kier alpha value is -3.14. The molecule has 2 saturated heterocycles. The van der Waals surface area contributed by atoms with Crippen LogP contribution >= 0.6 is 0 Å². The predicted octanol–water partition coefficient (Wildman–Crippen LogP) is 2.63. The van der Waals surface area contributed by atoms with Crippen LogP contribution < -0.4 is 10.2 Å². The first-order chi connectivity index (χ1) is 16.1. The van der Waals surface area contributed by atoms with Gasteiger partial charge in [0.15, 0.2) is 17.5 Å². The monoisotopic (exact) mass is 450 g/mol. The van der Waals surface area contributed by atoms with Gasteiger partial charge in [0.1, 0.15) is 18.2 Å². The highest BCUT2D eigenvalue weighted by molar-refractivity contribution is 5.70. The minimum atomic E-state index is -0.930. The Balaban J connectivity index is 1.26. The Morgan fingerprint density at radius 2 is 2.00 bits per heavy atom. The van der Waals surface area contributed by atoms with Crippen LogP contribution in [0, 0.1) is 0 Å². The smallest absolute Gasteiger partial charge is 0.185 e. The molecule has 0 unspecified atom stereocenters. The van der Waals surface area contributed by atoms with Crippen LogP contribution in [0.2, 0.25) is 0 Å². The number of fused-ring (bicyclic) bond motifs is 2. The molecule has 10 heteroatoms. The highest BCUT2D eigenvalue weighted by atomic mass is 19.1. The summed E-state index contributed by atoms with van der Waals surface area (Å²) in [7, 11) is 1.79. The van der Waals surface area contributed by atoms with Gasteiger partial charge in [0.2, 0.25) is 0 Å². The lowest BCUT2D eigenvalue weighted by Gasteiger charge is -2.47. The molecule has 172 valence electrons. The van der Waals surface area contributed by atoms with Crippen molar-refractivity contribution in [2.75, 3.05) is 4.90 Å². The van der Waals surface area contributed by atoms with Crippen molar-refractivity contribution in [3.63, 3.8) is 0 Å². The van der Waals surface area contributed by atoms with E-state index in [1.807, 2.05) is 6.07 Å². The third-order valence-electron chi connectivity index (χ3n) is 7.00. The molecule has 3 aromatic rings. The lowest BCUT2D eigenvalue weighted by Crippen LogP contribution is -2.62. The van der Waals surface area contributed by atoms with Crippen LogP contribution in [0.5, 0.6) is 5.75 Å². The number of halogens is 1. The summed E-state index contributed by atoms with van der Waals surface area (Å²) in [6.45, 7) is 0. The molecular weight excluding hydrogens is 423 g/mol. The zero-order valence-electron chi connectivity index (χ0n) is 18.5. The van der Waals surface area contributed by atoms with Crippen molar-refractivity contribution >= 4 is 5.82 Å². The van der Waals surface area contributed by atoms with Crippen LogP contribution in [0.15, 0.2) is 30.7 Å². The van der Waals surface area contributed by atoms with E-state index in [1.165, 1.54) is 0 Å². The number of aryl methyl sites for hydroxylation is 1. The second kappa shape index (κ2) is 8.02. The number of nitrogens with zero attached hydrogens (tertiary/aromatic N) is 7. The van der Waals surface area contributed by atoms with Gasteiger partial charge in [-0.1, -0.05) is 12.5 Å². The van der Waals surface area contributed by atoms with E-state index in [0.29, 0.717) is 40.7 Å². The van der Waals surface area contributed by atoms with E-state index >= 15 is 4.39 Å². The Bertz CT molecular complexity index is 1150. The topological polar surface area (TPSA) is 105 Å². The summed E-state index contributed by atoms with van der Waals surface area (Å²) in [4.78, 5) is 10.8. The fourth-order valence-corrected chi connectivity index (χ4v) is 5.27. The first-order valence-electron chi connectivity index (χ1n) is 11.6. The number of nitrogens with one attached hydrogen (secondary N) is 1. The molecule has 4 atom stereocenters. The molecule has 0 amide bonds. The summed E-state index contributed by atoms with van der Waals surface area (Å²) >= 11 is 0. The molecular formula is C23H27FN8O. The third-order valence-corrected chi connectivity index (χ3v) is 7.00. The number of hydrogen-bond acceptors (Lipinski definition) is 8. The molecule has 2 bridgehead atoms. The number of hydrogen-bond donors (Lipinski definition) is 2. The van der Waals surface area contributed by atoms with Crippen LogP contribution in [0.4, 0.5) is 10.2 Å². The molecule has 4 heterocycles. The maximum Gasteiger partial charge on any atom is 0.185 e. The van der Waals surface area contributed by atoms with Crippen molar-refractivity contribution in [3.8, 4) is 28.5 Å². The summed E-state index contributed by atoms with van der Waals surface area (Å²) in [6.07, 6.45) is 8.28. The summed E-state index contributed by atoms with van der Waals surface area (Å²) in [5.41, 5.74) is 1.18. The van der Waals surface area contributed by atoms with Crippen LogP contribution in [0.25, 0.3) is 22.8 Å². The van der Waals surface area contributed by atoms with Gasteiger partial charge in [-0.2, -0.15) is 5.10 Å². The van der Waals surface area contributed by atoms with Crippen LogP contribution in [0.3, 0.4) is 0 Å². The van der Waals surface area contributed by atoms with Gasteiger partial charge in [0, 0.05) is 30.7 Å². The average molecular weight is 451 g/mol. The summed E-state index contributed by atoms with van der Waals surface area (Å²) in [5, 5.41) is 27.0. The highest BCUT2D eigenvalue weighted by Crippen LogP contribution is 2.39. The zero-order chi connectivity index (χ0) is 22.5. The highest BCUT2D eigenvalue weighted by Gasteiger charge is 2.46. The van der Waals surface area contributed by atoms with E-state index in [0.717, 1.165) is 38.5 Å².